The summed E-state index contributed by atoms with van der Waals surface area (Å²) in [6.07, 6.45) is 1.68. The molecule has 5 nitrogen and oxygen atoms in total. The van der Waals surface area contributed by atoms with Gasteiger partial charge in [0.2, 0.25) is 5.78 Å². The predicted molar refractivity (Wildman–Crippen MR) is 104 cm³/mol. The van der Waals surface area contributed by atoms with E-state index in [0.717, 1.165) is 5.56 Å². The van der Waals surface area contributed by atoms with Gasteiger partial charge in [-0.2, -0.15) is 5.10 Å². The van der Waals surface area contributed by atoms with Crippen LogP contribution < -0.4 is 5.43 Å². The first kappa shape index (κ1) is 19.4. The van der Waals surface area contributed by atoms with Crippen LogP contribution in [0.2, 0.25) is 0 Å². The third kappa shape index (κ3) is 5.29. The summed E-state index contributed by atoms with van der Waals surface area (Å²) < 4.78 is 4.97. The number of hydrogen-bond acceptors (Lipinski definition) is 5. The minimum Gasteiger partial charge on any atom is -0.463 e. The monoisotopic (exact) mass is 370 g/mol. The van der Waals surface area contributed by atoms with E-state index in [1.165, 1.54) is 0 Å². The van der Waals surface area contributed by atoms with Gasteiger partial charge in [-0.25, -0.2) is 4.79 Å². The van der Waals surface area contributed by atoms with E-state index in [0.29, 0.717) is 23.4 Å². The average molecular weight is 371 g/mol. The van der Waals surface area contributed by atoms with Crippen LogP contribution in [-0.2, 0) is 9.53 Å². The molecule has 134 valence electrons. The highest BCUT2D eigenvalue weighted by Gasteiger charge is 2.12. The second kappa shape index (κ2) is 9.53. The van der Waals surface area contributed by atoms with Gasteiger partial charge in [0.25, 0.3) is 0 Å². The Balaban J connectivity index is 2.19. The molecule has 0 amide bonds. The Morgan fingerprint density at radius 3 is 2.46 bits per heavy atom. The number of anilines is 1. The summed E-state index contributed by atoms with van der Waals surface area (Å²) in [5, 5.41) is 3.77. The molecular weight excluding hydrogens is 352 g/mol. The lowest BCUT2D eigenvalue weighted by atomic mass is 10.1. The lowest BCUT2D eigenvalue weighted by molar-refractivity contribution is -0.138. The average Bonchev–Trinajstić information content (AvgIpc) is 2.67. The molecule has 0 aromatic heterocycles. The van der Waals surface area contributed by atoms with Crippen molar-refractivity contribution in [3.05, 3.63) is 71.3 Å². The maximum absolute atomic E-state index is 12.2. The van der Waals surface area contributed by atoms with Crippen molar-refractivity contribution in [2.45, 2.75) is 13.8 Å². The molecule has 26 heavy (non-hydrogen) atoms. The predicted octanol–water partition coefficient (Wildman–Crippen LogP) is 4.50. The molecule has 0 spiro atoms. The number of hydrazone groups is 1. The van der Waals surface area contributed by atoms with Crippen LogP contribution in [0.15, 0.2) is 65.3 Å². The first-order valence-electron chi connectivity index (χ1n) is 8.06. The van der Waals surface area contributed by atoms with Crippen LogP contribution in [0.5, 0.6) is 0 Å². The molecule has 0 heterocycles. The second-order valence-corrected chi connectivity index (χ2v) is 5.70. The van der Waals surface area contributed by atoms with E-state index in [-0.39, 0.29) is 16.9 Å². The second-order valence-electron chi connectivity index (χ2n) is 5.34. The maximum Gasteiger partial charge on any atom is 0.333 e. The summed E-state index contributed by atoms with van der Waals surface area (Å²) in [5.74, 6) is -0.765. The van der Waals surface area contributed by atoms with Crippen molar-refractivity contribution >= 4 is 40.3 Å². The summed E-state index contributed by atoms with van der Waals surface area (Å²) in [7, 11) is 0. The summed E-state index contributed by atoms with van der Waals surface area (Å²) in [6, 6.07) is 15.9. The van der Waals surface area contributed by atoms with Crippen molar-refractivity contribution < 1.29 is 14.3 Å². The number of carbonyl (C=O) groups is 2. The van der Waals surface area contributed by atoms with Gasteiger partial charge >= 0.3 is 5.97 Å². The minimum atomic E-state index is -0.386. The Morgan fingerprint density at radius 1 is 1.12 bits per heavy atom. The first-order chi connectivity index (χ1) is 12.5. The number of ketones is 1. The van der Waals surface area contributed by atoms with Gasteiger partial charge in [-0.3, -0.25) is 10.2 Å². The summed E-state index contributed by atoms with van der Waals surface area (Å²) >= 11 is 6.01. The van der Waals surface area contributed by atoms with E-state index in [4.69, 9.17) is 16.3 Å². The fourth-order valence-corrected chi connectivity index (χ4v) is 2.28. The van der Waals surface area contributed by atoms with Gasteiger partial charge < -0.3 is 4.74 Å². The van der Waals surface area contributed by atoms with Crippen LogP contribution in [0, 0.1) is 0 Å². The summed E-state index contributed by atoms with van der Waals surface area (Å²) in [5.41, 5.74) is 5.01. The molecule has 0 unspecified atom stereocenters. The molecule has 0 fully saturated rings. The highest BCUT2D eigenvalue weighted by molar-refractivity contribution is 6.85. The Morgan fingerprint density at radius 2 is 1.77 bits per heavy atom. The van der Waals surface area contributed by atoms with Gasteiger partial charge in [0.15, 0.2) is 5.17 Å². The fourth-order valence-electron chi connectivity index (χ4n) is 2.13. The number of halogens is 1. The molecule has 0 radical (unpaired) electrons. The molecule has 6 heteroatoms. The van der Waals surface area contributed by atoms with E-state index >= 15 is 0 Å². The fraction of sp³-hybridized carbons (Fsp3) is 0.150. The largest absolute Gasteiger partial charge is 0.463 e. The number of carbonyl (C=O) groups excluding carboxylic acids is 2. The number of ether oxygens (including phenoxy) is 1. The summed E-state index contributed by atoms with van der Waals surface area (Å²) in [6.45, 7) is 3.73. The number of nitrogens with one attached hydrogen (secondary N) is 1. The van der Waals surface area contributed by atoms with E-state index in [1.807, 2.05) is 24.3 Å². The molecule has 0 aliphatic heterocycles. The summed E-state index contributed by atoms with van der Waals surface area (Å²) in [4.78, 5) is 24.0. The van der Waals surface area contributed by atoms with Gasteiger partial charge in [0, 0.05) is 11.1 Å². The van der Waals surface area contributed by atoms with Crippen molar-refractivity contribution in [2.24, 2.45) is 5.10 Å². The van der Waals surface area contributed by atoms with Crippen molar-refractivity contribution in [1.82, 2.24) is 0 Å². The quantitative estimate of drug-likeness (QED) is 0.256. The molecule has 0 aliphatic rings. The third-order valence-electron chi connectivity index (χ3n) is 3.43. The Hall–Kier alpha value is -2.92. The van der Waals surface area contributed by atoms with E-state index < -0.39 is 0 Å². The molecule has 0 atom stereocenters. The Kier molecular flexibility index (Phi) is 7.12. The molecular formula is C20H19ClN2O3. The normalized spacial score (nSPS) is 11.8. The molecule has 2 rings (SSSR count). The van der Waals surface area contributed by atoms with Gasteiger partial charge in [0.05, 0.1) is 12.3 Å². The zero-order valence-corrected chi connectivity index (χ0v) is 15.3. The third-order valence-corrected chi connectivity index (χ3v) is 3.68. The van der Waals surface area contributed by atoms with Crippen LogP contribution in [-0.4, -0.2) is 23.5 Å². The molecule has 0 aliphatic carbocycles. The van der Waals surface area contributed by atoms with Gasteiger partial charge in [-0.15, -0.1) is 0 Å². The highest BCUT2D eigenvalue weighted by atomic mass is 35.5. The lowest BCUT2D eigenvalue weighted by Crippen LogP contribution is -2.10. The number of nitrogens with zero attached hydrogens (tertiary/aromatic N) is 1. The molecule has 1 N–H and O–H groups in total. The van der Waals surface area contributed by atoms with Crippen LogP contribution >= 0.6 is 11.6 Å². The van der Waals surface area contributed by atoms with Gasteiger partial charge in [0.1, 0.15) is 0 Å². The maximum atomic E-state index is 12.2. The number of para-hydroxylation sites is 1. The van der Waals surface area contributed by atoms with E-state index in [9.17, 15) is 9.59 Å². The van der Waals surface area contributed by atoms with Crippen LogP contribution in [0.3, 0.4) is 0 Å². The number of Topliss-reactive ketones (excluding diaryl/α,β-unsaturated/α-hetero) is 1. The zero-order valence-electron chi connectivity index (χ0n) is 14.5. The molecule has 0 bridgehead atoms. The number of hydrogen-bond donors (Lipinski definition) is 1. The molecule has 2 aromatic rings. The van der Waals surface area contributed by atoms with Crippen molar-refractivity contribution in [2.75, 3.05) is 12.0 Å². The lowest BCUT2D eigenvalue weighted by Gasteiger charge is -2.07. The van der Waals surface area contributed by atoms with E-state index in [1.54, 1.807) is 50.3 Å². The Bertz CT molecular complexity index is 845. The molecule has 0 saturated carbocycles. The molecule has 0 saturated heterocycles. The Labute approximate surface area is 157 Å². The van der Waals surface area contributed by atoms with E-state index in [2.05, 4.69) is 10.5 Å². The molecule has 2 aromatic carbocycles. The van der Waals surface area contributed by atoms with Crippen molar-refractivity contribution in [3.8, 4) is 0 Å². The minimum absolute atomic E-state index is 0.183. The highest BCUT2D eigenvalue weighted by Crippen LogP contribution is 2.19. The van der Waals surface area contributed by atoms with Gasteiger partial charge in [-0.1, -0.05) is 60.1 Å². The topological polar surface area (TPSA) is 67.8 Å². The van der Waals surface area contributed by atoms with Crippen LogP contribution in [0.1, 0.15) is 29.8 Å². The van der Waals surface area contributed by atoms with Gasteiger partial charge in [-0.05, 0) is 31.6 Å². The number of rotatable bonds is 7. The first-order valence-corrected chi connectivity index (χ1v) is 8.44. The standard InChI is InChI=1S/C20H19ClN2O3/c1-3-26-20(25)14(2)13-16-11-7-8-12-17(16)22-23-19(21)18(24)15-9-5-4-6-10-15/h4-13,22H,3H2,1-2H3/b14-13-,23-19-. The van der Waals surface area contributed by atoms with Crippen LogP contribution in [0.4, 0.5) is 5.69 Å². The zero-order chi connectivity index (χ0) is 18.9. The van der Waals surface area contributed by atoms with Crippen molar-refractivity contribution in [3.63, 3.8) is 0 Å². The number of benzene rings is 2. The SMILES string of the molecule is CCOC(=O)/C(C)=C\c1ccccc1N/N=C(\Cl)C(=O)c1ccccc1. The smallest absolute Gasteiger partial charge is 0.333 e. The number of esters is 1. The van der Waals surface area contributed by atoms with Crippen molar-refractivity contribution in [1.29, 1.82) is 0 Å². The van der Waals surface area contributed by atoms with Crippen LogP contribution in [0.25, 0.3) is 6.08 Å².